The van der Waals surface area contributed by atoms with Gasteiger partial charge < -0.3 is 16.4 Å². The van der Waals surface area contributed by atoms with Crippen LogP contribution in [0, 0.1) is 0 Å². The van der Waals surface area contributed by atoms with Crippen molar-refractivity contribution in [2.24, 2.45) is 5.73 Å². The molecule has 1 aromatic rings. The van der Waals surface area contributed by atoms with Gasteiger partial charge in [-0.15, -0.1) is 0 Å². The van der Waals surface area contributed by atoms with Crippen LogP contribution in [0.5, 0.6) is 0 Å². The summed E-state index contributed by atoms with van der Waals surface area (Å²) in [5.74, 6) is 0. The Bertz CT molecular complexity index is 474. The number of halogens is 1. The fourth-order valence-corrected chi connectivity index (χ4v) is 1.70. The first-order valence-corrected chi connectivity index (χ1v) is 6.02. The molecule has 1 aliphatic carbocycles. The molecule has 0 spiro atoms. The quantitative estimate of drug-likeness (QED) is 0.738. The van der Waals surface area contributed by atoms with Crippen LogP contribution in [0.3, 0.4) is 0 Å². The zero-order valence-corrected chi connectivity index (χ0v) is 10.6. The summed E-state index contributed by atoms with van der Waals surface area (Å²) in [6, 6.07) is 5.11. The lowest BCUT2D eigenvalue weighted by Gasteiger charge is -2.09. The number of hydrogen-bond donors (Lipinski definition) is 3. The van der Waals surface area contributed by atoms with Gasteiger partial charge in [0.15, 0.2) is 0 Å². The molecule has 0 aromatic heterocycles. The number of anilines is 1. The van der Waals surface area contributed by atoms with Crippen LogP contribution >= 0.6 is 23.8 Å². The number of rotatable bonds is 3. The van der Waals surface area contributed by atoms with Crippen molar-refractivity contribution in [1.29, 1.82) is 0 Å². The van der Waals surface area contributed by atoms with E-state index in [2.05, 4.69) is 10.6 Å². The summed E-state index contributed by atoms with van der Waals surface area (Å²) >= 11 is 10.8. The number of thiocarbonyl (C=S) groups is 1. The van der Waals surface area contributed by atoms with E-state index >= 15 is 0 Å². The van der Waals surface area contributed by atoms with E-state index in [1.54, 1.807) is 18.2 Å². The molecule has 6 heteroatoms. The van der Waals surface area contributed by atoms with E-state index in [1.165, 1.54) is 0 Å². The highest BCUT2D eigenvalue weighted by Gasteiger charge is 2.23. The third-order valence-electron chi connectivity index (χ3n) is 2.41. The first kappa shape index (κ1) is 12.1. The molecule has 2 amide bonds. The Morgan fingerprint density at radius 2 is 2.18 bits per heavy atom. The van der Waals surface area contributed by atoms with Crippen molar-refractivity contribution in [3.8, 4) is 0 Å². The maximum atomic E-state index is 11.5. The van der Waals surface area contributed by atoms with Crippen LogP contribution in [0.2, 0.25) is 5.02 Å². The third kappa shape index (κ3) is 3.31. The van der Waals surface area contributed by atoms with Crippen LogP contribution < -0.4 is 16.4 Å². The summed E-state index contributed by atoms with van der Waals surface area (Å²) in [6.45, 7) is 0. The summed E-state index contributed by atoms with van der Waals surface area (Å²) in [5.41, 5.74) is 6.71. The molecule has 1 aliphatic rings. The van der Waals surface area contributed by atoms with Crippen LogP contribution in [-0.2, 0) is 0 Å². The van der Waals surface area contributed by atoms with Crippen molar-refractivity contribution in [2.45, 2.75) is 18.9 Å². The minimum Gasteiger partial charge on any atom is -0.389 e. The summed E-state index contributed by atoms with van der Waals surface area (Å²) in [5, 5.41) is 5.91. The number of urea groups is 1. The summed E-state index contributed by atoms with van der Waals surface area (Å²) in [6.07, 6.45) is 2.09. The fraction of sp³-hybridized carbons (Fsp3) is 0.273. The topological polar surface area (TPSA) is 67.1 Å². The van der Waals surface area contributed by atoms with Gasteiger partial charge in [0.2, 0.25) is 0 Å². The molecule has 1 saturated carbocycles. The molecule has 90 valence electrons. The second kappa shape index (κ2) is 4.89. The van der Waals surface area contributed by atoms with E-state index < -0.39 is 0 Å². The first-order valence-electron chi connectivity index (χ1n) is 5.23. The standard InChI is InChI=1S/C11H12ClN3OS/c12-8-5-6(10(13)17)1-4-9(8)15-11(16)14-7-2-3-7/h1,4-5,7H,2-3H2,(H2,13,17)(H2,14,15,16). The number of nitrogens with two attached hydrogens (primary N) is 1. The van der Waals surface area contributed by atoms with Crippen LogP contribution in [0.15, 0.2) is 18.2 Å². The Hall–Kier alpha value is -1.33. The average Bonchev–Trinajstić information content (AvgIpc) is 3.04. The summed E-state index contributed by atoms with van der Waals surface area (Å²) < 4.78 is 0. The zero-order chi connectivity index (χ0) is 12.4. The molecular weight excluding hydrogens is 258 g/mol. The Balaban J connectivity index is 2.04. The molecule has 2 rings (SSSR count). The molecule has 0 aliphatic heterocycles. The molecular formula is C11H12ClN3OS. The molecule has 1 fully saturated rings. The van der Waals surface area contributed by atoms with Crippen LogP contribution in [0.4, 0.5) is 10.5 Å². The van der Waals surface area contributed by atoms with E-state index in [4.69, 9.17) is 29.6 Å². The van der Waals surface area contributed by atoms with Gasteiger partial charge >= 0.3 is 6.03 Å². The lowest BCUT2D eigenvalue weighted by Crippen LogP contribution is -2.30. The lowest BCUT2D eigenvalue weighted by molar-refractivity contribution is 0.251. The predicted molar refractivity (Wildman–Crippen MR) is 72.5 cm³/mol. The van der Waals surface area contributed by atoms with Gasteiger partial charge in [-0.25, -0.2) is 4.79 Å². The first-order chi connectivity index (χ1) is 8.06. The Kier molecular flexibility index (Phi) is 3.49. The van der Waals surface area contributed by atoms with Crippen LogP contribution in [0.1, 0.15) is 18.4 Å². The molecule has 4 nitrogen and oxygen atoms in total. The molecule has 0 saturated heterocycles. The van der Waals surface area contributed by atoms with Gasteiger partial charge in [0.25, 0.3) is 0 Å². The smallest absolute Gasteiger partial charge is 0.319 e. The monoisotopic (exact) mass is 269 g/mol. The number of carbonyl (C=O) groups excluding carboxylic acids is 1. The van der Waals surface area contributed by atoms with E-state index in [1.807, 2.05) is 0 Å². The number of benzene rings is 1. The minimum absolute atomic E-state index is 0.238. The molecule has 0 radical (unpaired) electrons. The Labute approximate surface area is 110 Å². The molecule has 0 heterocycles. The van der Waals surface area contributed by atoms with Gasteiger partial charge in [0.1, 0.15) is 4.99 Å². The molecule has 4 N–H and O–H groups in total. The van der Waals surface area contributed by atoms with Crippen molar-refractivity contribution in [2.75, 3.05) is 5.32 Å². The summed E-state index contributed by atoms with van der Waals surface area (Å²) in [4.78, 5) is 11.8. The normalized spacial score (nSPS) is 14.2. The van der Waals surface area contributed by atoms with Crippen molar-refractivity contribution >= 4 is 40.5 Å². The number of nitrogens with one attached hydrogen (secondary N) is 2. The third-order valence-corrected chi connectivity index (χ3v) is 2.96. The highest BCUT2D eigenvalue weighted by Crippen LogP contribution is 2.24. The Morgan fingerprint density at radius 3 is 2.71 bits per heavy atom. The van der Waals surface area contributed by atoms with Gasteiger partial charge in [0.05, 0.1) is 10.7 Å². The van der Waals surface area contributed by atoms with Gasteiger partial charge in [0, 0.05) is 11.6 Å². The highest BCUT2D eigenvalue weighted by molar-refractivity contribution is 7.80. The maximum absolute atomic E-state index is 11.5. The lowest BCUT2D eigenvalue weighted by atomic mass is 10.2. The number of amides is 2. The van der Waals surface area contributed by atoms with Crippen molar-refractivity contribution in [3.05, 3.63) is 28.8 Å². The molecule has 1 aromatic carbocycles. The second-order valence-electron chi connectivity index (χ2n) is 3.93. The minimum atomic E-state index is -0.238. The van der Waals surface area contributed by atoms with E-state index in [9.17, 15) is 4.79 Å². The largest absolute Gasteiger partial charge is 0.389 e. The second-order valence-corrected chi connectivity index (χ2v) is 4.78. The molecule has 0 bridgehead atoms. The molecule has 0 atom stereocenters. The van der Waals surface area contributed by atoms with E-state index in [0.717, 1.165) is 12.8 Å². The number of carbonyl (C=O) groups is 1. The maximum Gasteiger partial charge on any atom is 0.319 e. The van der Waals surface area contributed by atoms with Gasteiger partial charge in [-0.05, 0) is 31.0 Å². The van der Waals surface area contributed by atoms with E-state index in [-0.39, 0.29) is 11.0 Å². The van der Waals surface area contributed by atoms with Crippen LogP contribution in [0.25, 0.3) is 0 Å². The van der Waals surface area contributed by atoms with Gasteiger partial charge in [-0.2, -0.15) is 0 Å². The van der Waals surface area contributed by atoms with Crippen molar-refractivity contribution in [3.63, 3.8) is 0 Å². The highest BCUT2D eigenvalue weighted by atomic mass is 35.5. The van der Waals surface area contributed by atoms with Crippen molar-refractivity contribution in [1.82, 2.24) is 5.32 Å². The molecule has 0 unspecified atom stereocenters. The van der Waals surface area contributed by atoms with Gasteiger partial charge in [-0.1, -0.05) is 23.8 Å². The molecule has 17 heavy (non-hydrogen) atoms. The van der Waals surface area contributed by atoms with Gasteiger partial charge in [-0.3, -0.25) is 0 Å². The average molecular weight is 270 g/mol. The fourth-order valence-electron chi connectivity index (χ4n) is 1.34. The summed E-state index contributed by atoms with van der Waals surface area (Å²) in [7, 11) is 0. The van der Waals surface area contributed by atoms with Crippen molar-refractivity contribution < 1.29 is 4.79 Å². The zero-order valence-electron chi connectivity index (χ0n) is 9.00. The SMILES string of the molecule is NC(=S)c1ccc(NC(=O)NC2CC2)c(Cl)c1. The Morgan fingerprint density at radius 1 is 1.47 bits per heavy atom. The van der Waals surface area contributed by atoms with E-state index in [0.29, 0.717) is 22.3 Å². The predicted octanol–water partition coefficient (Wildman–Crippen LogP) is 2.26. The van der Waals surface area contributed by atoms with Crippen LogP contribution in [-0.4, -0.2) is 17.1 Å². The number of hydrogen-bond acceptors (Lipinski definition) is 2.